The van der Waals surface area contributed by atoms with Crippen molar-refractivity contribution < 1.29 is 27.1 Å². The van der Waals surface area contributed by atoms with E-state index < -0.39 is 33.7 Å². The summed E-state index contributed by atoms with van der Waals surface area (Å²) < 4.78 is 50.7. The first-order valence-corrected chi connectivity index (χ1v) is 9.04. The number of carbonyl (C=O) groups excluding carboxylic acids is 1. The lowest BCUT2D eigenvalue weighted by molar-refractivity contribution is 0.0916. The molecule has 0 aromatic heterocycles. The summed E-state index contributed by atoms with van der Waals surface area (Å²) in [6.07, 6.45) is -0.242. The number of benzene rings is 2. The van der Waals surface area contributed by atoms with E-state index in [1.807, 2.05) is 0 Å². The fraction of sp³-hybridized carbons (Fsp3) is 0.188. The summed E-state index contributed by atoms with van der Waals surface area (Å²) in [5.41, 5.74) is 0.508. The highest BCUT2D eigenvalue weighted by atomic mass is 32.2. The van der Waals surface area contributed by atoms with Gasteiger partial charge >= 0.3 is 0 Å². The molecule has 1 amide bonds. The molecular weight excluding hydrogens is 354 g/mol. The molecule has 3 N–H and O–H groups in total. The Hall–Kier alpha value is -2.52. The zero-order chi connectivity index (χ0) is 18.6. The Morgan fingerprint density at radius 1 is 1.16 bits per heavy atom. The van der Waals surface area contributed by atoms with Gasteiger partial charge in [-0.1, -0.05) is 12.1 Å². The average Bonchev–Trinajstić information content (AvgIpc) is 2.53. The summed E-state index contributed by atoms with van der Waals surface area (Å²) in [5, 5.41) is 12.4. The van der Waals surface area contributed by atoms with Crippen LogP contribution in [0.5, 0.6) is 0 Å². The fourth-order valence-electron chi connectivity index (χ4n) is 2.07. The molecule has 0 heterocycles. The Kier molecular flexibility index (Phi) is 5.70. The van der Waals surface area contributed by atoms with E-state index >= 15 is 0 Å². The van der Waals surface area contributed by atoms with E-state index in [1.165, 1.54) is 30.3 Å². The third-order valence-electron chi connectivity index (χ3n) is 3.21. The van der Waals surface area contributed by atoms with Crippen molar-refractivity contribution in [1.29, 1.82) is 0 Å². The second-order valence-electron chi connectivity index (χ2n) is 5.35. The lowest BCUT2D eigenvalue weighted by Crippen LogP contribution is -2.28. The largest absolute Gasteiger partial charge is 0.387 e. The van der Waals surface area contributed by atoms with E-state index in [1.54, 1.807) is 0 Å². The number of aliphatic hydroxyl groups is 1. The van der Waals surface area contributed by atoms with Crippen molar-refractivity contribution in [2.75, 3.05) is 17.5 Å². The van der Waals surface area contributed by atoms with E-state index in [2.05, 4.69) is 10.0 Å². The van der Waals surface area contributed by atoms with Gasteiger partial charge in [0.15, 0.2) is 11.6 Å². The number of rotatable bonds is 6. The molecule has 0 saturated carbocycles. The highest BCUT2D eigenvalue weighted by Crippen LogP contribution is 2.16. The van der Waals surface area contributed by atoms with E-state index in [9.17, 15) is 27.1 Å². The number of halogens is 2. The van der Waals surface area contributed by atoms with Gasteiger partial charge in [0.25, 0.3) is 5.91 Å². The molecule has 2 rings (SSSR count). The van der Waals surface area contributed by atoms with E-state index in [4.69, 9.17) is 0 Å². The number of aliphatic hydroxyl groups excluding tert-OH is 1. The minimum atomic E-state index is -3.48. The maximum atomic E-state index is 13.2. The van der Waals surface area contributed by atoms with Crippen molar-refractivity contribution in [3.63, 3.8) is 0 Å². The molecule has 2 aromatic carbocycles. The van der Waals surface area contributed by atoms with E-state index in [0.29, 0.717) is 0 Å². The lowest BCUT2D eigenvalue weighted by atomic mass is 10.1. The quantitative estimate of drug-likeness (QED) is 0.723. The van der Waals surface area contributed by atoms with Crippen LogP contribution in [0.4, 0.5) is 14.5 Å². The topological polar surface area (TPSA) is 95.5 Å². The lowest BCUT2D eigenvalue weighted by Gasteiger charge is -2.13. The van der Waals surface area contributed by atoms with Gasteiger partial charge in [0.05, 0.1) is 12.4 Å². The number of hydrogen-bond donors (Lipinski definition) is 3. The van der Waals surface area contributed by atoms with Crippen molar-refractivity contribution in [3.05, 3.63) is 65.2 Å². The van der Waals surface area contributed by atoms with Crippen molar-refractivity contribution in [2.24, 2.45) is 0 Å². The number of nitrogens with one attached hydrogen (secondary N) is 2. The average molecular weight is 370 g/mol. The van der Waals surface area contributed by atoms with Gasteiger partial charge in [0.2, 0.25) is 10.0 Å². The summed E-state index contributed by atoms with van der Waals surface area (Å²) in [5.74, 6) is -2.68. The van der Waals surface area contributed by atoms with Crippen molar-refractivity contribution in [2.45, 2.75) is 6.10 Å². The highest BCUT2D eigenvalue weighted by molar-refractivity contribution is 7.92. The minimum absolute atomic E-state index is 0.117. The van der Waals surface area contributed by atoms with Crippen LogP contribution < -0.4 is 10.0 Å². The van der Waals surface area contributed by atoms with Crippen molar-refractivity contribution in [3.8, 4) is 0 Å². The summed E-state index contributed by atoms with van der Waals surface area (Å²) >= 11 is 0. The third kappa shape index (κ3) is 5.50. The molecule has 134 valence electrons. The van der Waals surface area contributed by atoms with Crippen LogP contribution in [-0.4, -0.2) is 32.2 Å². The molecule has 9 heteroatoms. The Morgan fingerprint density at radius 3 is 2.52 bits per heavy atom. The van der Waals surface area contributed by atoms with Gasteiger partial charge in [-0.2, -0.15) is 0 Å². The molecule has 1 unspecified atom stereocenters. The summed E-state index contributed by atoms with van der Waals surface area (Å²) in [7, 11) is -3.48. The molecule has 6 nitrogen and oxygen atoms in total. The second-order valence-corrected chi connectivity index (χ2v) is 7.10. The number of sulfonamides is 1. The van der Waals surface area contributed by atoms with Crippen molar-refractivity contribution >= 4 is 21.6 Å². The van der Waals surface area contributed by atoms with Crippen LogP contribution >= 0.6 is 0 Å². The van der Waals surface area contributed by atoms with Gasteiger partial charge in [0, 0.05) is 17.8 Å². The first-order valence-electron chi connectivity index (χ1n) is 7.15. The molecule has 0 saturated heterocycles. The fourth-order valence-corrected chi connectivity index (χ4v) is 2.62. The predicted octanol–water partition coefficient (Wildman–Crippen LogP) is 1.80. The van der Waals surface area contributed by atoms with E-state index in [-0.39, 0.29) is 23.4 Å². The molecule has 0 aliphatic carbocycles. The maximum absolute atomic E-state index is 13.2. The van der Waals surface area contributed by atoms with Crippen LogP contribution in [0.3, 0.4) is 0 Å². The number of amides is 1. The summed E-state index contributed by atoms with van der Waals surface area (Å²) in [6.45, 7) is -0.229. The van der Waals surface area contributed by atoms with Gasteiger partial charge in [0.1, 0.15) is 0 Å². The van der Waals surface area contributed by atoms with Crippen LogP contribution in [0.2, 0.25) is 0 Å². The zero-order valence-electron chi connectivity index (χ0n) is 13.2. The van der Waals surface area contributed by atoms with Gasteiger partial charge in [-0.25, -0.2) is 17.2 Å². The molecule has 0 spiro atoms. The second kappa shape index (κ2) is 7.58. The van der Waals surface area contributed by atoms with Crippen LogP contribution in [-0.2, 0) is 10.0 Å². The summed E-state index contributed by atoms with van der Waals surface area (Å²) in [6, 6.07) is 8.72. The smallest absolute Gasteiger partial charge is 0.251 e. The zero-order valence-corrected chi connectivity index (χ0v) is 14.0. The predicted molar refractivity (Wildman–Crippen MR) is 88.6 cm³/mol. The first kappa shape index (κ1) is 18.8. The van der Waals surface area contributed by atoms with Crippen LogP contribution in [0.1, 0.15) is 22.0 Å². The molecule has 0 aliphatic heterocycles. The molecular formula is C16H16F2N2O4S. The number of carbonyl (C=O) groups is 1. The van der Waals surface area contributed by atoms with Crippen molar-refractivity contribution in [1.82, 2.24) is 5.32 Å². The Balaban J connectivity index is 2.02. The van der Waals surface area contributed by atoms with Gasteiger partial charge in [-0.15, -0.1) is 0 Å². The molecule has 1 atom stereocenters. The monoisotopic (exact) mass is 370 g/mol. The highest BCUT2D eigenvalue weighted by Gasteiger charge is 2.14. The van der Waals surface area contributed by atoms with E-state index in [0.717, 1.165) is 18.4 Å². The van der Waals surface area contributed by atoms with Gasteiger partial charge in [-0.05, 0) is 35.9 Å². The minimum Gasteiger partial charge on any atom is -0.387 e. The van der Waals surface area contributed by atoms with Crippen LogP contribution in [0.15, 0.2) is 42.5 Å². The molecule has 25 heavy (non-hydrogen) atoms. The van der Waals surface area contributed by atoms with Gasteiger partial charge in [-0.3, -0.25) is 9.52 Å². The molecule has 0 fully saturated rings. The third-order valence-corrected chi connectivity index (χ3v) is 3.82. The molecule has 0 bridgehead atoms. The normalized spacial score (nSPS) is 12.5. The maximum Gasteiger partial charge on any atom is 0.251 e. The molecule has 0 radical (unpaired) electrons. The number of anilines is 1. The van der Waals surface area contributed by atoms with Crippen LogP contribution in [0, 0.1) is 11.6 Å². The summed E-state index contributed by atoms with van der Waals surface area (Å²) in [4.78, 5) is 12.1. The Morgan fingerprint density at radius 2 is 1.88 bits per heavy atom. The standard InChI is InChI=1S/C16H16F2N2O4S/c1-25(23,24)20-12-4-2-3-11(7-12)16(22)19-9-15(21)10-5-6-13(17)14(18)8-10/h2-8,15,20-21H,9H2,1H3,(H,19,22). The number of hydrogen-bond acceptors (Lipinski definition) is 4. The SMILES string of the molecule is CS(=O)(=O)Nc1cccc(C(=O)NCC(O)c2ccc(F)c(F)c2)c1. The van der Waals surface area contributed by atoms with Gasteiger partial charge < -0.3 is 10.4 Å². The Bertz CT molecular complexity index is 887. The molecule has 0 aliphatic rings. The van der Waals surface area contributed by atoms with Crippen LogP contribution in [0.25, 0.3) is 0 Å². The first-order chi connectivity index (χ1) is 11.7. The Labute approximate surface area is 143 Å². The molecule has 2 aromatic rings.